The van der Waals surface area contributed by atoms with Crippen LogP contribution in [0.5, 0.6) is 0 Å². The fourth-order valence-corrected chi connectivity index (χ4v) is 6.67. The highest BCUT2D eigenvalue weighted by molar-refractivity contribution is 5.72. The molecule has 0 aliphatic rings. The van der Waals surface area contributed by atoms with Gasteiger partial charge in [-0.15, -0.1) is 0 Å². The van der Waals surface area contributed by atoms with Crippen LogP contribution in [0, 0.1) is 0 Å². The number of allylic oxidation sites excluding steroid dienone is 8. The first-order chi connectivity index (χ1) is 27.6. The molecule has 0 aromatic heterocycles. The molecule has 0 fully saturated rings. The van der Waals surface area contributed by atoms with Crippen LogP contribution in [0.1, 0.15) is 194 Å². The average Bonchev–Trinajstić information content (AvgIpc) is 3.17. The largest absolute Gasteiger partial charge is 0.477 e. The van der Waals surface area contributed by atoms with E-state index < -0.39 is 18.1 Å². The molecule has 2 unspecified atom stereocenters. The summed E-state index contributed by atoms with van der Waals surface area (Å²) in [5.74, 6) is -1.47. The predicted octanol–water partition coefficient (Wildman–Crippen LogP) is 12.8. The number of nitrogens with zero attached hydrogens (tertiary/aromatic N) is 1. The zero-order chi connectivity index (χ0) is 42.1. The fourth-order valence-electron chi connectivity index (χ4n) is 6.67. The van der Waals surface area contributed by atoms with E-state index in [9.17, 15) is 19.5 Å². The van der Waals surface area contributed by atoms with Gasteiger partial charge in [0, 0.05) is 19.3 Å². The van der Waals surface area contributed by atoms with E-state index in [1.807, 2.05) is 21.1 Å². The standard InChI is InChI=1S/C49H87NO7/c1-6-8-10-12-14-16-18-19-20-21-22-23-24-25-26-27-28-29-30-32-34-36-38-40-48(52)57-45(43-55-42-41-46(49(53)54)50(3,4)5)44-56-47(51)39-37-35-33-31-17-15-13-11-9-7-2/h8,10,14,16,19-20,22-23,45-46H,6-7,9,11-13,15,17-18,21,24-44H2,1-5H3/p+1/b10-8-,16-14-,20-19-,23-22-. The summed E-state index contributed by atoms with van der Waals surface area (Å²) in [6, 6.07) is -0.614. The first-order valence-corrected chi connectivity index (χ1v) is 23.2. The monoisotopic (exact) mass is 803 g/mol. The minimum atomic E-state index is -0.876. The minimum Gasteiger partial charge on any atom is -0.477 e. The third kappa shape index (κ3) is 38.6. The topological polar surface area (TPSA) is 99.1 Å². The number of hydrogen-bond acceptors (Lipinski definition) is 6. The van der Waals surface area contributed by atoms with Gasteiger partial charge in [0.25, 0.3) is 0 Å². The molecule has 2 atom stereocenters. The maximum absolute atomic E-state index is 12.7. The van der Waals surface area contributed by atoms with Gasteiger partial charge in [0.15, 0.2) is 12.1 Å². The van der Waals surface area contributed by atoms with Gasteiger partial charge < -0.3 is 23.8 Å². The molecule has 0 radical (unpaired) electrons. The van der Waals surface area contributed by atoms with Crippen molar-refractivity contribution in [3.8, 4) is 0 Å². The molecule has 0 heterocycles. The number of carbonyl (C=O) groups is 3. The van der Waals surface area contributed by atoms with E-state index in [1.165, 1.54) is 96.3 Å². The summed E-state index contributed by atoms with van der Waals surface area (Å²) in [6.45, 7) is 4.61. The molecule has 0 saturated carbocycles. The normalized spacial score (nSPS) is 13.4. The number of carboxylic acids is 1. The predicted molar refractivity (Wildman–Crippen MR) is 238 cm³/mol. The smallest absolute Gasteiger partial charge is 0.362 e. The Morgan fingerprint density at radius 2 is 0.982 bits per heavy atom. The van der Waals surface area contributed by atoms with E-state index in [0.29, 0.717) is 19.3 Å². The van der Waals surface area contributed by atoms with Crippen molar-refractivity contribution in [1.82, 2.24) is 0 Å². The van der Waals surface area contributed by atoms with Gasteiger partial charge in [-0.2, -0.15) is 0 Å². The first-order valence-electron chi connectivity index (χ1n) is 23.2. The van der Waals surface area contributed by atoms with Crippen LogP contribution in [0.25, 0.3) is 0 Å². The van der Waals surface area contributed by atoms with E-state index in [4.69, 9.17) is 14.2 Å². The fraction of sp³-hybridized carbons (Fsp3) is 0.776. The van der Waals surface area contributed by atoms with Gasteiger partial charge in [-0.25, -0.2) is 4.79 Å². The van der Waals surface area contributed by atoms with Gasteiger partial charge in [0.2, 0.25) is 0 Å². The van der Waals surface area contributed by atoms with Crippen molar-refractivity contribution < 1.29 is 38.2 Å². The number of hydrogen-bond donors (Lipinski definition) is 1. The Labute approximate surface area is 350 Å². The molecule has 0 aliphatic heterocycles. The summed E-state index contributed by atoms with van der Waals surface area (Å²) in [4.78, 5) is 36.9. The van der Waals surface area contributed by atoms with Gasteiger partial charge in [0.1, 0.15) is 6.61 Å². The highest BCUT2D eigenvalue weighted by Crippen LogP contribution is 2.15. The summed E-state index contributed by atoms with van der Waals surface area (Å²) in [5.41, 5.74) is 0. The second kappa shape index (κ2) is 40.1. The van der Waals surface area contributed by atoms with Gasteiger partial charge in [0.05, 0.1) is 34.4 Å². The molecule has 8 nitrogen and oxygen atoms in total. The number of esters is 2. The number of carboxylic acid groups (broad SMARTS) is 1. The molecule has 0 aromatic carbocycles. The molecule has 0 spiro atoms. The van der Waals surface area contributed by atoms with Gasteiger partial charge in [-0.05, 0) is 51.4 Å². The Morgan fingerprint density at radius 1 is 0.544 bits per heavy atom. The van der Waals surface area contributed by atoms with Gasteiger partial charge in [-0.3, -0.25) is 9.59 Å². The molecule has 0 bridgehead atoms. The van der Waals surface area contributed by atoms with Crippen LogP contribution < -0.4 is 0 Å². The van der Waals surface area contributed by atoms with Crippen LogP contribution in [0.4, 0.5) is 0 Å². The van der Waals surface area contributed by atoms with E-state index >= 15 is 0 Å². The molecule has 1 N–H and O–H groups in total. The maximum Gasteiger partial charge on any atom is 0.362 e. The Balaban J connectivity index is 4.22. The third-order valence-corrected chi connectivity index (χ3v) is 10.2. The van der Waals surface area contributed by atoms with E-state index in [-0.39, 0.29) is 36.2 Å². The van der Waals surface area contributed by atoms with Crippen LogP contribution in [-0.2, 0) is 28.6 Å². The van der Waals surface area contributed by atoms with Crippen LogP contribution in [0.2, 0.25) is 0 Å². The van der Waals surface area contributed by atoms with Gasteiger partial charge >= 0.3 is 17.9 Å². The van der Waals surface area contributed by atoms with E-state index in [0.717, 1.165) is 64.2 Å². The molecular formula is C49H88NO7+. The molecule has 8 heteroatoms. The molecule has 0 amide bonds. The highest BCUT2D eigenvalue weighted by Gasteiger charge is 2.31. The van der Waals surface area contributed by atoms with Crippen molar-refractivity contribution >= 4 is 17.9 Å². The molecule has 330 valence electrons. The van der Waals surface area contributed by atoms with Crippen molar-refractivity contribution in [2.24, 2.45) is 0 Å². The molecule has 0 aromatic rings. The van der Waals surface area contributed by atoms with Crippen LogP contribution >= 0.6 is 0 Å². The number of likely N-dealkylation sites (N-methyl/N-ethyl adjacent to an activating group) is 1. The zero-order valence-corrected chi connectivity index (χ0v) is 37.5. The number of rotatable bonds is 41. The van der Waals surface area contributed by atoms with Crippen molar-refractivity contribution in [3.63, 3.8) is 0 Å². The Kier molecular flexibility index (Phi) is 38.2. The Hall–Kier alpha value is -2.71. The lowest BCUT2D eigenvalue weighted by Gasteiger charge is -2.31. The quantitative estimate of drug-likeness (QED) is 0.0284. The van der Waals surface area contributed by atoms with Crippen molar-refractivity contribution in [2.45, 2.75) is 206 Å². The molecule has 0 aliphatic carbocycles. The molecule has 0 rings (SSSR count). The van der Waals surface area contributed by atoms with Crippen LogP contribution in [-0.4, -0.2) is 80.6 Å². The Morgan fingerprint density at radius 3 is 1.46 bits per heavy atom. The second-order valence-electron chi connectivity index (χ2n) is 16.6. The maximum atomic E-state index is 12.7. The van der Waals surface area contributed by atoms with Crippen LogP contribution in [0.15, 0.2) is 48.6 Å². The molecule has 0 saturated heterocycles. The lowest BCUT2D eigenvalue weighted by atomic mass is 10.0. The van der Waals surface area contributed by atoms with Crippen molar-refractivity contribution in [2.75, 3.05) is 41.0 Å². The molecular weight excluding hydrogens is 715 g/mol. The van der Waals surface area contributed by atoms with Crippen LogP contribution in [0.3, 0.4) is 0 Å². The highest BCUT2D eigenvalue weighted by atomic mass is 16.6. The number of ether oxygens (including phenoxy) is 3. The third-order valence-electron chi connectivity index (χ3n) is 10.2. The van der Waals surface area contributed by atoms with Crippen molar-refractivity contribution in [1.29, 1.82) is 0 Å². The SMILES string of the molecule is CC/C=C\C/C=C\C/C=C\C/C=C\CCCCCCCCCCCCC(=O)OC(COCCC(C(=O)O)[N+](C)(C)C)COC(=O)CCCCCCCCCCCC. The zero-order valence-electron chi connectivity index (χ0n) is 37.5. The lowest BCUT2D eigenvalue weighted by Crippen LogP contribution is -2.50. The van der Waals surface area contributed by atoms with E-state index in [1.54, 1.807) is 0 Å². The molecule has 57 heavy (non-hydrogen) atoms. The number of unbranched alkanes of at least 4 members (excludes halogenated alkanes) is 19. The number of quaternary nitrogens is 1. The van der Waals surface area contributed by atoms with Crippen molar-refractivity contribution in [3.05, 3.63) is 48.6 Å². The Bertz CT molecular complexity index is 1070. The number of aliphatic carboxylic acids is 1. The lowest BCUT2D eigenvalue weighted by molar-refractivity contribution is -0.887. The minimum absolute atomic E-state index is 0.0511. The average molecular weight is 803 g/mol. The summed E-state index contributed by atoms with van der Waals surface area (Å²) in [6.07, 6.45) is 47.3. The first kappa shape index (κ1) is 54.3. The summed E-state index contributed by atoms with van der Waals surface area (Å²) < 4.78 is 17.3. The van der Waals surface area contributed by atoms with E-state index in [2.05, 4.69) is 62.5 Å². The summed E-state index contributed by atoms with van der Waals surface area (Å²) in [7, 11) is 5.53. The second-order valence-corrected chi connectivity index (χ2v) is 16.6. The summed E-state index contributed by atoms with van der Waals surface area (Å²) >= 11 is 0. The number of carbonyl (C=O) groups excluding carboxylic acids is 2. The summed E-state index contributed by atoms with van der Waals surface area (Å²) in [5, 5.41) is 9.62. The van der Waals surface area contributed by atoms with Gasteiger partial charge in [-0.1, -0.05) is 172 Å².